The van der Waals surface area contributed by atoms with E-state index in [1.54, 1.807) is 10.8 Å². The molecule has 0 aliphatic carbocycles. The molecule has 0 atom stereocenters. The summed E-state index contributed by atoms with van der Waals surface area (Å²) in [6, 6.07) is 0. The van der Waals surface area contributed by atoms with Gasteiger partial charge in [-0.05, 0) is 6.42 Å². The molecule has 5 nitrogen and oxygen atoms in total. The summed E-state index contributed by atoms with van der Waals surface area (Å²) in [7, 11) is 2.10. The van der Waals surface area contributed by atoms with Gasteiger partial charge in [0.05, 0.1) is 14.2 Å². The molecule has 0 aliphatic heterocycles. The zero-order chi connectivity index (χ0) is 11.2. The van der Waals surface area contributed by atoms with Crippen molar-refractivity contribution >= 4 is 31.1 Å². The van der Waals surface area contributed by atoms with Crippen LogP contribution in [0.1, 0.15) is 19.8 Å². The minimum Gasteiger partial charge on any atom is -0.325 e. The molecule has 0 saturated carbocycles. The van der Waals surface area contributed by atoms with Gasteiger partial charge >= 0.3 is 8.60 Å². The standard InChI is InChI=1S/C4H10S2.C2H7O5P/c1-2-3-4-6-5;1-4-6-8(3)7-5-2/h5H,2-4H2,1H3;3H,1-2H3. The second-order valence-electron chi connectivity index (χ2n) is 1.91. The predicted octanol–water partition coefficient (Wildman–Crippen LogP) is 2.73. The van der Waals surface area contributed by atoms with Gasteiger partial charge in [0.25, 0.3) is 0 Å². The summed E-state index contributed by atoms with van der Waals surface area (Å²) in [4.78, 5) is 16.5. The Morgan fingerprint density at radius 1 is 1.29 bits per heavy atom. The van der Waals surface area contributed by atoms with Crippen LogP contribution >= 0.6 is 31.1 Å². The van der Waals surface area contributed by atoms with E-state index in [4.69, 9.17) is 4.89 Å². The first-order chi connectivity index (χ1) is 6.72. The molecule has 0 radical (unpaired) electrons. The van der Waals surface area contributed by atoms with Crippen LogP contribution in [0.3, 0.4) is 0 Å². The Morgan fingerprint density at radius 2 is 1.79 bits per heavy atom. The van der Waals surface area contributed by atoms with Gasteiger partial charge in [0.15, 0.2) is 0 Å². The summed E-state index contributed by atoms with van der Waals surface area (Å²) in [5, 5.41) is 0. The predicted molar refractivity (Wildman–Crippen MR) is 61.7 cm³/mol. The van der Waals surface area contributed by atoms with Gasteiger partial charge in [-0.15, -0.1) is 11.7 Å². The zero-order valence-corrected chi connectivity index (χ0v) is 11.1. The van der Waals surface area contributed by atoms with Crippen LogP contribution in [-0.2, 0) is 19.1 Å². The van der Waals surface area contributed by atoms with Crippen LogP contribution in [0.5, 0.6) is 0 Å². The average Bonchev–Trinajstić information content (AvgIpc) is 2.16. The second kappa shape index (κ2) is 16.4. The van der Waals surface area contributed by atoms with Crippen molar-refractivity contribution in [3.63, 3.8) is 0 Å². The molecule has 14 heavy (non-hydrogen) atoms. The van der Waals surface area contributed by atoms with Gasteiger partial charge in [-0.25, -0.2) is 9.78 Å². The van der Waals surface area contributed by atoms with E-state index in [2.05, 4.69) is 37.7 Å². The maximum Gasteiger partial charge on any atom is 0.389 e. The zero-order valence-electron chi connectivity index (χ0n) is 8.50. The third-order valence-electron chi connectivity index (χ3n) is 0.866. The van der Waals surface area contributed by atoms with Crippen molar-refractivity contribution < 1.29 is 24.0 Å². The highest BCUT2D eigenvalue weighted by Gasteiger charge is 2.04. The van der Waals surface area contributed by atoms with Gasteiger partial charge in [0.1, 0.15) is 0 Å². The van der Waals surface area contributed by atoms with Gasteiger partial charge in [-0.3, -0.25) is 0 Å². The molecule has 0 saturated heterocycles. The summed E-state index contributed by atoms with van der Waals surface area (Å²) >= 11 is 3.97. The lowest BCUT2D eigenvalue weighted by Crippen LogP contribution is -1.86. The topological polar surface area (TPSA) is 57.2 Å². The molecule has 8 heteroatoms. The molecule has 0 aromatic heterocycles. The van der Waals surface area contributed by atoms with Crippen LogP contribution in [0.4, 0.5) is 0 Å². The van der Waals surface area contributed by atoms with Crippen LogP contribution in [-0.4, -0.2) is 24.9 Å². The van der Waals surface area contributed by atoms with Crippen molar-refractivity contribution in [3.8, 4) is 0 Å². The normalized spacial score (nSPS) is 9.86. The van der Waals surface area contributed by atoms with Crippen LogP contribution in [0.15, 0.2) is 0 Å². The van der Waals surface area contributed by atoms with E-state index in [1.807, 2.05) is 0 Å². The number of thiol groups is 1. The molecule has 0 amide bonds. The lowest BCUT2D eigenvalue weighted by Gasteiger charge is -2.02. The highest BCUT2D eigenvalue weighted by atomic mass is 33.1. The third kappa shape index (κ3) is 18.7. The van der Waals surface area contributed by atoms with Crippen LogP contribution in [0.2, 0.25) is 0 Å². The SMILES string of the molecule is CCCCSS.COOP(O)OOC. The molecule has 0 aromatic rings. The van der Waals surface area contributed by atoms with Gasteiger partial charge < -0.3 is 4.89 Å². The van der Waals surface area contributed by atoms with Gasteiger partial charge in [0, 0.05) is 5.75 Å². The van der Waals surface area contributed by atoms with Gasteiger partial charge in [0.2, 0.25) is 0 Å². The molecule has 88 valence electrons. The summed E-state index contributed by atoms with van der Waals surface area (Å²) in [6.07, 6.45) is 2.59. The highest BCUT2D eigenvalue weighted by molar-refractivity contribution is 8.68. The fraction of sp³-hybridized carbons (Fsp3) is 1.00. The second-order valence-corrected chi connectivity index (χ2v) is 4.12. The summed E-state index contributed by atoms with van der Waals surface area (Å²) in [5.74, 6) is 1.19. The number of unbranched alkanes of at least 4 members (excludes halogenated alkanes) is 1. The first-order valence-corrected chi connectivity index (χ1v) is 7.06. The first kappa shape index (κ1) is 17.3. The van der Waals surface area contributed by atoms with Crippen molar-refractivity contribution in [2.75, 3.05) is 20.0 Å². The minimum absolute atomic E-state index is 1.19. The lowest BCUT2D eigenvalue weighted by atomic mass is 10.4. The summed E-state index contributed by atoms with van der Waals surface area (Å²) in [6.45, 7) is 2.18. The molecule has 0 unspecified atom stereocenters. The van der Waals surface area contributed by atoms with Crippen molar-refractivity contribution in [1.82, 2.24) is 0 Å². The molecule has 0 fully saturated rings. The van der Waals surface area contributed by atoms with E-state index in [0.717, 1.165) is 0 Å². The first-order valence-electron chi connectivity index (χ1n) is 3.89. The van der Waals surface area contributed by atoms with E-state index in [9.17, 15) is 0 Å². The van der Waals surface area contributed by atoms with Crippen molar-refractivity contribution in [1.29, 1.82) is 0 Å². The Morgan fingerprint density at radius 3 is 2.00 bits per heavy atom. The number of rotatable bonds is 7. The van der Waals surface area contributed by atoms with E-state index < -0.39 is 8.60 Å². The molecule has 0 rings (SSSR count). The molecular formula is C6H17O5PS2. The molecule has 0 aliphatic rings. The maximum atomic E-state index is 8.42. The Hall–Kier alpha value is 0.930. The molecule has 1 N–H and O–H groups in total. The van der Waals surface area contributed by atoms with Gasteiger partial charge in [-0.1, -0.05) is 24.1 Å². The fourth-order valence-electron chi connectivity index (χ4n) is 0.349. The van der Waals surface area contributed by atoms with E-state index in [-0.39, 0.29) is 0 Å². The van der Waals surface area contributed by atoms with Gasteiger partial charge in [-0.2, -0.15) is 9.35 Å². The fourth-order valence-corrected chi connectivity index (χ4v) is 1.43. The number of hydrogen-bond acceptors (Lipinski definition) is 7. The summed E-state index contributed by atoms with van der Waals surface area (Å²) in [5.41, 5.74) is 0. The Kier molecular flexibility index (Phi) is 20.3. The summed E-state index contributed by atoms with van der Waals surface area (Å²) < 4.78 is 8.11. The Bertz CT molecular complexity index is 90.3. The largest absolute Gasteiger partial charge is 0.389 e. The Labute approximate surface area is 95.1 Å². The van der Waals surface area contributed by atoms with Crippen molar-refractivity contribution in [2.45, 2.75) is 19.8 Å². The monoisotopic (exact) mass is 264 g/mol. The van der Waals surface area contributed by atoms with Crippen molar-refractivity contribution in [3.05, 3.63) is 0 Å². The van der Waals surface area contributed by atoms with Crippen LogP contribution < -0.4 is 0 Å². The van der Waals surface area contributed by atoms with E-state index in [1.165, 1.54) is 32.8 Å². The molecular weight excluding hydrogens is 247 g/mol. The quantitative estimate of drug-likeness (QED) is 0.184. The molecule has 0 spiro atoms. The molecule has 0 aromatic carbocycles. The minimum atomic E-state index is -2.03. The molecule has 0 bridgehead atoms. The Balaban J connectivity index is 0. The third-order valence-corrected chi connectivity index (χ3v) is 2.44. The average molecular weight is 264 g/mol. The lowest BCUT2D eigenvalue weighted by molar-refractivity contribution is -0.242. The van der Waals surface area contributed by atoms with Crippen LogP contribution in [0, 0.1) is 0 Å². The van der Waals surface area contributed by atoms with Crippen LogP contribution in [0.25, 0.3) is 0 Å². The smallest absolute Gasteiger partial charge is 0.325 e. The number of hydrogen-bond donors (Lipinski definition) is 2. The maximum absolute atomic E-state index is 8.42. The van der Waals surface area contributed by atoms with E-state index >= 15 is 0 Å². The molecule has 0 heterocycles. The van der Waals surface area contributed by atoms with Crippen molar-refractivity contribution in [2.24, 2.45) is 0 Å². The highest BCUT2D eigenvalue weighted by Crippen LogP contribution is 2.31. The van der Waals surface area contributed by atoms with E-state index in [0.29, 0.717) is 0 Å².